The summed E-state index contributed by atoms with van der Waals surface area (Å²) in [6.45, 7) is 14.5. The number of rotatable bonds is 13. The number of pyridine rings is 1. The zero-order valence-corrected chi connectivity index (χ0v) is 30.1. The fourth-order valence-electron chi connectivity index (χ4n) is 3.08. The highest BCUT2D eigenvalue weighted by Crippen LogP contribution is 2.35. The largest absolute Gasteiger partial charge is 0.508 e. The number of carbonyl (C=O) groups is 2. The second-order valence-electron chi connectivity index (χ2n) is 11.4. The Morgan fingerprint density at radius 2 is 1.85 bits per heavy atom. The highest BCUT2D eigenvalue weighted by Gasteiger charge is 2.19. The highest BCUT2D eigenvalue weighted by molar-refractivity contribution is 8.76. The van der Waals surface area contributed by atoms with Gasteiger partial charge in [0.2, 0.25) is 0 Å². The first-order chi connectivity index (χ1) is 21.8. The first kappa shape index (κ1) is 42.7. The number of aromatic nitrogens is 1. The van der Waals surface area contributed by atoms with E-state index in [1.54, 1.807) is 35.2 Å². The van der Waals surface area contributed by atoms with Crippen LogP contribution in [0.4, 0.5) is 10.5 Å². The Kier molecular flexibility index (Phi) is 23.1. The number of amides is 1. The number of hydrogen-bond donors (Lipinski definition) is 4. The molecule has 0 unspecified atom stereocenters. The Labute approximate surface area is 282 Å². The molecule has 1 heterocycles. The van der Waals surface area contributed by atoms with Gasteiger partial charge in [0.25, 0.3) is 0 Å². The lowest BCUT2D eigenvalue weighted by molar-refractivity contribution is -0.388. The van der Waals surface area contributed by atoms with Gasteiger partial charge in [0, 0.05) is 43.2 Å². The number of allylic oxidation sites excluding steroid dienone is 2. The van der Waals surface area contributed by atoms with Crippen molar-refractivity contribution in [2.45, 2.75) is 91.2 Å². The fourth-order valence-corrected chi connectivity index (χ4v) is 5.24. The number of ether oxygens (including phenoxy) is 1. The molecule has 1 amide bonds. The molecule has 0 bridgehead atoms. The van der Waals surface area contributed by atoms with Gasteiger partial charge in [-0.05, 0) is 93.3 Å². The van der Waals surface area contributed by atoms with Crippen LogP contribution in [-0.4, -0.2) is 52.3 Å². The Morgan fingerprint density at radius 3 is 2.30 bits per heavy atom. The van der Waals surface area contributed by atoms with Crippen LogP contribution in [0.3, 0.4) is 0 Å². The SMILES string of the molecule is CC(C)(C)OC(=O)NCCc1ccc(O)cc1.CC/C=C(/NNC)C(C)C.CCCSSc1ncccc1[N+](=O)[O-].O=CC1CC1. The summed E-state index contributed by atoms with van der Waals surface area (Å²) in [6.07, 6.45) is 9.52. The quantitative estimate of drug-likeness (QED) is 0.0537. The summed E-state index contributed by atoms with van der Waals surface area (Å²) in [5.74, 6) is 2.24. The zero-order chi connectivity index (χ0) is 35.0. The molecule has 3 rings (SSSR count). The second-order valence-corrected chi connectivity index (χ2v) is 13.8. The van der Waals surface area contributed by atoms with E-state index in [1.807, 2.05) is 40.0 Å². The number of nitrogens with one attached hydrogen (secondary N) is 3. The highest BCUT2D eigenvalue weighted by atomic mass is 33.1. The number of hydrazine groups is 1. The molecule has 0 aliphatic heterocycles. The molecule has 4 N–H and O–H groups in total. The lowest BCUT2D eigenvalue weighted by Gasteiger charge is -2.19. The number of aromatic hydroxyl groups is 1. The van der Waals surface area contributed by atoms with Crippen molar-refractivity contribution < 1.29 is 24.4 Å². The van der Waals surface area contributed by atoms with E-state index >= 15 is 0 Å². The van der Waals surface area contributed by atoms with Gasteiger partial charge in [0.15, 0.2) is 5.03 Å². The predicted molar refractivity (Wildman–Crippen MR) is 190 cm³/mol. The van der Waals surface area contributed by atoms with Crippen molar-refractivity contribution in [2.75, 3.05) is 19.3 Å². The van der Waals surface area contributed by atoms with Crippen LogP contribution >= 0.6 is 21.6 Å². The maximum atomic E-state index is 11.3. The molecule has 11 nitrogen and oxygen atoms in total. The van der Waals surface area contributed by atoms with Gasteiger partial charge < -0.3 is 25.4 Å². The van der Waals surface area contributed by atoms with E-state index in [0.717, 1.165) is 43.3 Å². The third-order valence-corrected chi connectivity index (χ3v) is 8.01. The number of nitrogens with zero attached hydrogens (tertiary/aromatic N) is 2. The maximum absolute atomic E-state index is 11.3. The molecule has 0 saturated heterocycles. The van der Waals surface area contributed by atoms with Crippen LogP contribution < -0.4 is 16.2 Å². The lowest BCUT2D eigenvalue weighted by Crippen LogP contribution is -2.33. The van der Waals surface area contributed by atoms with E-state index in [1.165, 1.54) is 22.6 Å². The maximum Gasteiger partial charge on any atom is 0.407 e. The fraction of sp³-hybridized carbons (Fsp3) is 0.545. The number of carbonyl (C=O) groups excluding carboxylic acids is 2. The third kappa shape index (κ3) is 23.1. The monoisotopic (exact) mass is 679 g/mol. The molecule has 0 spiro atoms. The molecule has 0 radical (unpaired) electrons. The van der Waals surface area contributed by atoms with Crippen LogP contribution in [-0.2, 0) is 16.0 Å². The van der Waals surface area contributed by atoms with E-state index in [2.05, 4.69) is 54.9 Å². The number of benzene rings is 1. The zero-order valence-electron chi connectivity index (χ0n) is 28.5. The minimum absolute atomic E-state index is 0.0844. The topological polar surface area (TPSA) is 156 Å². The number of alkyl carbamates (subject to hydrolysis) is 1. The van der Waals surface area contributed by atoms with E-state index in [9.17, 15) is 19.7 Å². The van der Waals surface area contributed by atoms with Crippen LogP contribution in [0.1, 0.15) is 79.7 Å². The summed E-state index contributed by atoms with van der Waals surface area (Å²) >= 11 is 0. The average Bonchev–Trinajstić information content (AvgIpc) is 3.84. The third-order valence-electron chi connectivity index (χ3n) is 5.52. The van der Waals surface area contributed by atoms with E-state index < -0.39 is 16.6 Å². The van der Waals surface area contributed by atoms with E-state index in [4.69, 9.17) is 9.84 Å². The first-order valence-electron chi connectivity index (χ1n) is 15.5. The number of aldehydes is 1. The van der Waals surface area contributed by atoms with Crippen LogP contribution in [0.15, 0.2) is 59.4 Å². The van der Waals surface area contributed by atoms with Crippen molar-refractivity contribution in [3.63, 3.8) is 0 Å². The summed E-state index contributed by atoms with van der Waals surface area (Å²) in [4.78, 5) is 35.1. The number of hydrogen-bond acceptors (Lipinski definition) is 11. The standard InChI is InChI=1S/C13H19NO3.C8H10N2O2S2.C8H18N2.C4H6O/c1-13(2,3)17-12(16)14-9-8-10-4-6-11(15)7-5-10;1-2-6-13-14-8-7(10(11)12)4-3-5-9-8;1-5-6-8(7(2)3)10-9-4;5-3-4-1-2-4/h4-7,15H,8-9H2,1-3H3,(H,14,16);3-5H,2,6H2,1H3;6-7,9-10H,5H2,1-4H3;3-4H,1-2H2/b;;8-6+;. The van der Waals surface area contributed by atoms with Gasteiger partial charge in [-0.25, -0.2) is 15.2 Å². The molecule has 1 aromatic heterocycles. The number of phenolic OH excluding ortho intramolecular Hbond substituents is 1. The van der Waals surface area contributed by atoms with Gasteiger partial charge in [-0.2, -0.15) is 0 Å². The molecule has 258 valence electrons. The van der Waals surface area contributed by atoms with Gasteiger partial charge in [-0.1, -0.05) is 56.7 Å². The van der Waals surface area contributed by atoms with Crippen LogP contribution in [0, 0.1) is 22.0 Å². The molecule has 1 saturated carbocycles. The normalized spacial score (nSPS) is 12.2. The Balaban J connectivity index is 0.000000628. The van der Waals surface area contributed by atoms with Crippen molar-refractivity contribution in [3.8, 4) is 5.75 Å². The van der Waals surface area contributed by atoms with Gasteiger partial charge in [-0.3, -0.25) is 10.1 Å². The lowest BCUT2D eigenvalue weighted by atomic mass is 10.1. The summed E-state index contributed by atoms with van der Waals surface area (Å²) in [5.41, 5.74) is 7.95. The minimum atomic E-state index is -0.470. The molecule has 2 aromatic rings. The summed E-state index contributed by atoms with van der Waals surface area (Å²) < 4.78 is 5.10. The van der Waals surface area contributed by atoms with Crippen molar-refractivity contribution in [3.05, 3.63) is 70.0 Å². The molecule has 46 heavy (non-hydrogen) atoms. The molecule has 13 heteroatoms. The first-order valence-corrected chi connectivity index (χ1v) is 17.8. The van der Waals surface area contributed by atoms with E-state index in [-0.39, 0.29) is 11.4 Å². The van der Waals surface area contributed by atoms with Gasteiger partial charge >= 0.3 is 11.8 Å². The predicted octanol–water partition coefficient (Wildman–Crippen LogP) is 7.86. The summed E-state index contributed by atoms with van der Waals surface area (Å²) in [6, 6.07) is 9.96. The van der Waals surface area contributed by atoms with Gasteiger partial charge in [0.1, 0.15) is 17.6 Å². The Morgan fingerprint density at radius 1 is 1.20 bits per heavy atom. The van der Waals surface area contributed by atoms with Crippen molar-refractivity contribution in [1.82, 2.24) is 21.2 Å². The molecule has 1 aliphatic carbocycles. The number of nitro groups is 1. The van der Waals surface area contributed by atoms with Crippen molar-refractivity contribution in [2.24, 2.45) is 11.8 Å². The molecule has 0 atom stereocenters. The smallest absolute Gasteiger partial charge is 0.407 e. The number of phenols is 1. The summed E-state index contributed by atoms with van der Waals surface area (Å²) in [5, 5.41) is 22.9. The molecule has 1 aliphatic rings. The molecular formula is C33H53N5O6S2. The summed E-state index contributed by atoms with van der Waals surface area (Å²) in [7, 11) is 4.83. The molecule has 1 fully saturated rings. The second kappa shape index (κ2) is 24.9. The van der Waals surface area contributed by atoms with Gasteiger partial charge in [-0.15, -0.1) is 0 Å². The van der Waals surface area contributed by atoms with Crippen LogP contribution in [0.2, 0.25) is 0 Å². The van der Waals surface area contributed by atoms with Crippen molar-refractivity contribution >= 4 is 39.7 Å². The van der Waals surface area contributed by atoms with Crippen LogP contribution in [0.25, 0.3) is 0 Å². The molecule has 1 aromatic carbocycles. The van der Waals surface area contributed by atoms with E-state index in [0.29, 0.717) is 29.8 Å². The molecular weight excluding hydrogens is 627 g/mol. The average molecular weight is 680 g/mol. The van der Waals surface area contributed by atoms with Crippen molar-refractivity contribution in [1.29, 1.82) is 0 Å². The Bertz CT molecular complexity index is 1170. The minimum Gasteiger partial charge on any atom is -0.508 e. The van der Waals surface area contributed by atoms with Crippen LogP contribution in [0.5, 0.6) is 5.75 Å². The Hall–Kier alpha value is -3.29. The van der Waals surface area contributed by atoms with Gasteiger partial charge in [0.05, 0.1) is 4.92 Å².